The third-order valence-electron chi connectivity index (χ3n) is 8.34. The minimum absolute atomic E-state index is 0.00282. The van der Waals surface area contributed by atoms with Crippen molar-refractivity contribution >= 4 is 17.5 Å². The Kier molecular flexibility index (Phi) is 4.59. The van der Waals surface area contributed by atoms with Gasteiger partial charge in [-0.1, -0.05) is 38.4 Å². The number of aryl methyl sites for hydroxylation is 1. The molecule has 2 bridgehead atoms. The summed E-state index contributed by atoms with van der Waals surface area (Å²) in [7, 11) is 0. The number of nitrogens with zero attached hydrogens (tertiary/aromatic N) is 2. The highest BCUT2D eigenvalue weighted by molar-refractivity contribution is 6.31. The standard InChI is InChI=1S/C25H32ClN3O/c1-15-9-10-17(13-19(15)26)29-20-8-6-5-7-18(20)21(28-29)22(30)27-23-24(2,3)16-11-12-25(23,4)14-16/h9-10,13,16,23H,5-8,11-12,14H2,1-4H3,(H,27,30)/t16?,23?,25-/m0/s1. The van der Waals surface area contributed by atoms with Crippen LogP contribution in [0.1, 0.15) is 80.2 Å². The first-order valence-electron chi connectivity index (χ1n) is 11.4. The molecule has 1 amide bonds. The summed E-state index contributed by atoms with van der Waals surface area (Å²) in [6, 6.07) is 6.23. The van der Waals surface area contributed by atoms with Crippen molar-refractivity contribution in [3.63, 3.8) is 0 Å². The van der Waals surface area contributed by atoms with Gasteiger partial charge in [-0.3, -0.25) is 4.79 Å². The lowest BCUT2D eigenvalue weighted by molar-refractivity contribution is 0.0732. The highest BCUT2D eigenvalue weighted by atomic mass is 35.5. The second kappa shape index (κ2) is 6.85. The van der Waals surface area contributed by atoms with Gasteiger partial charge in [0.15, 0.2) is 5.69 Å². The van der Waals surface area contributed by atoms with Gasteiger partial charge in [-0.2, -0.15) is 5.10 Å². The normalized spacial score (nSPS) is 29.1. The van der Waals surface area contributed by atoms with Gasteiger partial charge in [0, 0.05) is 22.3 Å². The molecule has 2 saturated carbocycles. The molecule has 3 atom stereocenters. The van der Waals surface area contributed by atoms with E-state index in [1.807, 2.05) is 29.8 Å². The monoisotopic (exact) mass is 425 g/mol. The number of hydrogen-bond acceptors (Lipinski definition) is 2. The first-order valence-corrected chi connectivity index (χ1v) is 11.8. The molecule has 0 aliphatic heterocycles. The Hall–Kier alpha value is -1.81. The Balaban J connectivity index is 1.51. The molecule has 1 aromatic carbocycles. The van der Waals surface area contributed by atoms with E-state index in [-0.39, 0.29) is 22.8 Å². The Labute approximate surface area is 184 Å². The molecule has 3 aliphatic rings. The van der Waals surface area contributed by atoms with Crippen LogP contribution in [0.25, 0.3) is 5.69 Å². The second-order valence-corrected chi connectivity index (χ2v) is 11.1. The summed E-state index contributed by atoms with van der Waals surface area (Å²) in [5.41, 5.74) is 5.24. The number of aromatic nitrogens is 2. The van der Waals surface area contributed by atoms with E-state index in [4.69, 9.17) is 16.7 Å². The van der Waals surface area contributed by atoms with E-state index < -0.39 is 0 Å². The van der Waals surface area contributed by atoms with Gasteiger partial charge in [-0.25, -0.2) is 4.68 Å². The molecule has 0 radical (unpaired) electrons. The van der Waals surface area contributed by atoms with Crippen molar-refractivity contribution in [3.8, 4) is 5.69 Å². The summed E-state index contributed by atoms with van der Waals surface area (Å²) < 4.78 is 1.96. The smallest absolute Gasteiger partial charge is 0.272 e. The van der Waals surface area contributed by atoms with Gasteiger partial charge in [0.25, 0.3) is 5.91 Å². The van der Waals surface area contributed by atoms with Gasteiger partial charge in [-0.15, -0.1) is 0 Å². The molecular formula is C25H32ClN3O. The molecule has 5 heteroatoms. The van der Waals surface area contributed by atoms with Crippen molar-refractivity contribution < 1.29 is 4.79 Å². The average Bonchev–Trinajstić information content (AvgIpc) is 3.34. The quantitative estimate of drug-likeness (QED) is 0.689. The highest BCUT2D eigenvalue weighted by Gasteiger charge is 2.59. The van der Waals surface area contributed by atoms with Crippen LogP contribution < -0.4 is 5.32 Å². The predicted octanol–water partition coefficient (Wildman–Crippen LogP) is 5.66. The summed E-state index contributed by atoms with van der Waals surface area (Å²) >= 11 is 6.39. The number of carbonyl (C=O) groups is 1. The van der Waals surface area contributed by atoms with E-state index in [1.165, 1.54) is 25.0 Å². The summed E-state index contributed by atoms with van der Waals surface area (Å²) in [5.74, 6) is 0.700. The van der Waals surface area contributed by atoms with Crippen LogP contribution in [0.5, 0.6) is 0 Å². The molecule has 1 N–H and O–H groups in total. The molecule has 2 fully saturated rings. The molecule has 5 rings (SSSR count). The number of benzene rings is 1. The Bertz CT molecular complexity index is 1020. The first kappa shape index (κ1) is 20.1. The van der Waals surface area contributed by atoms with Crippen LogP contribution in [-0.4, -0.2) is 21.7 Å². The van der Waals surface area contributed by atoms with E-state index in [0.717, 1.165) is 47.5 Å². The van der Waals surface area contributed by atoms with Gasteiger partial charge in [0.1, 0.15) is 0 Å². The molecule has 0 spiro atoms. The molecule has 1 heterocycles. The maximum Gasteiger partial charge on any atom is 0.272 e. The third kappa shape index (κ3) is 2.94. The average molecular weight is 426 g/mol. The van der Waals surface area contributed by atoms with Crippen LogP contribution >= 0.6 is 11.6 Å². The van der Waals surface area contributed by atoms with Crippen molar-refractivity contribution in [1.29, 1.82) is 0 Å². The fraction of sp³-hybridized carbons (Fsp3) is 0.600. The van der Waals surface area contributed by atoms with E-state index in [1.54, 1.807) is 0 Å². The number of rotatable bonds is 3. The van der Waals surface area contributed by atoms with Crippen molar-refractivity contribution in [2.75, 3.05) is 0 Å². The zero-order valence-corrected chi connectivity index (χ0v) is 19.3. The molecule has 0 saturated heterocycles. The summed E-state index contributed by atoms with van der Waals surface area (Å²) in [6.07, 6.45) is 7.84. The Morgan fingerprint density at radius 2 is 2.00 bits per heavy atom. The van der Waals surface area contributed by atoms with Crippen LogP contribution in [-0.2, 0) is 12.8 Å². The van der Waals surface area contributed by atoms with E-state index >= 15 is 0 Å². The van der Waals surface area contributed by atoms with Gasteiger partial charge >= 0.3 is 0 Å². The van der Waals surface area contributed by atoms with Gasteiger partial charge in [-0.05, 0) is 86.3 Å². The number of carbonyl (C=O) groups excluding carboxylic acids is 1. The van der Waals surface area contributed by atoms with Crippen molar-refractivity contribution in [2.45, 2.75) is 78.7 Å². The lowest BCUT2D eigenvalue weighted by Crippen LogP contribution is -2.52. The number of nitrogens with one attached hydrogen (secondary N) is 1. The summed E-state index contributed by atoms with van der Waals surface area (Å²) in [5, 5.41) is 9.04. The lowest BCUT2D eigenvalue weighted by Gasteiger charge is -2.43. The summed E-state index contributed by atoms with van der Waals surface area (Å²) in [4.78, 5) is 13.5. The van der Waals surface area contributed by atoms with Gasteiger partial charge in [0.05, 0.1) is 5.69 Å². The summed E-state index contributed by atoms with van der Waals surface area (Å²) in [6.45, 7) is 9.01. The first-order chi connectivity index (χ1) is 14.2. The molecule has 160 valence electrons. The maximum atomic E-state index is 13.5. The number of fused-ring (bicyclic) bond motifs is 3. The van der Waals surface area contributed by atoms with Crippen molar-refractivity contribution in [2.24, 2.45) is 16.7 Å². The number of halogens is 1. The van der Waals surface area contributed by atoms with Crippen LogP contribution in [0.15, 0.2) is 18.2 Å². The molecule has 2 aromatic rings. The topological polar surface area (TPSA) is 46.9 Å². The maximum absolute atomic E-state index is 13.5. The molecule has 4 nitrogen and oxygen atoms in total. The number of hydrogen-bond donors (Lipinski definition) is 1. The van der Waals surface area contributed by atoms with E-state index in [9.17, 15) is 4.79 Å². The van der Waals surface area contributed by atoms with Crippen LogP contribution in [0, 0.1) is 23.7 Å². The van der Waals surface area contributed by atoms with Crippen molar-refractivity contribution in [1.82, 2.24) is 15.1 Å². The molecule has 30 heavy (non-hydrogen) atoms. The molecule has 2 unspecified atom stereocenters. The Morgan fingerprint density at radius 1 is 1.23 bits per heavy atom. The van der Waals surface area contributed by atoms with Gasteiger partial charge < -0.3 is 5.32 Å². The third-order valence-corrected chi connectivity index (χ3v) is 8.75. The molecule has 3 aliphatic carbocycles. The van der Waals surface area contributed by atoms with Crippen LogP contribution in [0.4, 0.5) is 0 Å². The lowest BCUT2D eigenvalue weighted by atomic mass is 9.68. The fourth-order valence-electron chi connectivity index (χ4n) is 6.57. The second-order valence-electron chi connectivity index (χ2n) is 10.6. The minimum atomic E-state index is -0.00282. The van der Waals surface area contributed by atoms with E-state index in [0.29, 0.717) is 11.6 Å². The van der Waals surface area contributed by atoms with E-state index in [2.05, 4.69) is 26.1 Å². The highest BCUT2D eigenvalue weighted by Crippen LogP contribution is 2.62. The van der Waals surface area contributed by atoms with Crippen molar-refractivity contribution in [3.05, 3.63) is 45.7 Å². The fourth-order valence-corrected chi connectivity index (χ4v) is 6.74. The zero-order chi connectivity index (χ0) is 21.3. The van der Waals surface area contributed by atoms with Crippen LogP contribution in [0.3, 0.4) is 0 Å². The predicted molar refractivity (Wildman–Crippen MR) is 120 cm³/mol. The van der Waals surface area contributed by atoms with Gasteiger partial charge in [0.2, 0.25) is 0 Å². The van der Waals surface area contributed by atoms with Crippen LogP contribution in [0.2, 0.25) is 5.02 Å². The minimum Gasteiger partial charge on any atom is -0.347 e. The molecule has 1 aromatic heterocycles. The molecular weight excluding hydrogens is 394 g/mol. The Morgan fingerprint density at radius 3 is 2.70 bits per heavy atom. The SMILES string of the molecule is Cc1ccc(-n2nc(C(=O)NC3C(C)(C)C4CC[C@@]3(C)C4)c3c2CCCC3)cc1Cl. The zero-order valence-electron chi connectivity index (χ0n) is 18.5. The largest absolute Gasteiger partial charge is 0.347 e. The number of amides is 1.